The summed E-state index contributed by atoms with van der Waals surface area (Å²) < 4.78 is 13.1. The van der Waals surface area contributed by atoms with E-state index >= 15 is 0 Å². The molecule has 2 atom stereocenters. The lowest BCUT2D eigenvalue weighted by Crippen LogP contribution is -2.40. The van der Waals surface area contributed by atoms with Crippen LogP contribution in [0.4, 0.5) is 10.1 Å². The molecule has 2 amide bonds. The number of hydrazone groups is 1. The minimum atomic E-state index is -0.784. The maximum Gasteiger partial charge on any atom is 0.268 e. The molecule has 2 unspecified atom stereocenters. The molecule has 0 radical (unpaired) electrons. The van der Waals surface area contributed by atoms with Gasteiger partial charge >= 0.3 is 0 Å². The second-order valence-corrected chi connectivity index (χ2v) is 6.10. The van der Waals surface area contributed by atoms with Crippen molar-refractivity contribution in [2.45, 2.75) is 25.4 Å². The molecule has 6 nitrogen and oxygen atoms in total. The molecule has 1 aliphatic heterocycles. The van der Waals surface area contributed by atoms with Crippen LogP contribution in [0.15, 0.2) is 59.7 Å². The number of anilines is 1. The van der Waals surface area contributed by atoms with Gasteiger partial charge in [0.05, 0.1) is 11.7 Å². The van der Waals surface area contributed by atoms with E-state index in [2.05, 4.69) is 10.4 Å². The van der Waals surface area contributed by atoms with Crippen LogP contribution in [0.3, 0.4) is 0 Å². The topological polar surface area (TPSA) is 87.8 Å². The van der Waals surface area contributed by atoms with E-state index in [1.54, 1.807) is 0 Å². The smallest absolute Gasteiger partial charge is 0.268 e. The lowest BCUT2D eigenvalue weighted by Gasteiger charge is -2.20. The van der Waals surface area contributed by atoms with Crippen molar-refractivity contribution in [3.05, 3.63) is 66.0 Å². The van der Waals surface area contributed by atoms with Crippen molar-refractivity contribution in [3.63, 3.8) is 0 Å². The van der Waals surface area contributed by atoms with Gasteiger partial charge in [0.25, 0.3) is 5.91 Å². The maximum atomic E-state index is 13.1. The van der Waals surface area contributed by atoms with E-state index in [-0.39, 0.29) is 24.1 Å². The fourth-order valence-corrected chi connectivity index (χ4v) is 2.81. The number of rotatable bonds is 5. The number of hydrogen-bond acceptors (Lipinski definition) is 4. The molecule has 3 rings (SSSR count). The molecule has 0 aliphatic carbocycles. The summed E-state index contributed by atoms with van der Waals surface area (Å²) >= 11 is 0. The molecule has 134 valence electrons. The predicted octanol–water partition coefficient (Wildman–Crippen LogP) is 2.12. The van der Waals surface area contributed by atoms with Crippen molar-refractivity contribution in [1.82, 2.24) is 5.32 Å². The molecule has 0 saturated heterocycles. The first kappa shape index (κ1) is 17.6. The molecule has 2 aromatic rings. The average molecular weight is 354 g/mol. The summed E-state index contributed by atoms with van der Waals surface area (Å²) in [6, 6.07) is 14.0. The Morgan fingerprint density at radius 3 is 2.46 bits per heavy atom. The third kappa shape index (κ3) is 3.72. The summed E-state index contributed by atoms with van der Waals surface area (Å²) in [7, 11) is 0. The van der Waals surface area contributed by atoms with Crippen LogP contribution in [0, 0.1) is 5.82 Å². The zero-order valence-electron chi connectivity index (χ0n) is 14.2. The lowest BCUT2D eigenvalue weighted by molar-refractivity contribution is -0.119. The van der Waals surface area contributed by atoms with Crippen molar-refractivity contribution < 1.29 is 14.0 Å². The minimum Gasteiger partial charge on any atom is -0.368 e. The van der Waals surface area contributed by atoms with E-state index in [0.29, 0.717) is 5.69 Å². The van der Waals surface area contributed by atoms with Gasteiger partial charge in [-0.05, 0) is 36.8 Å². The van der Waals surface area contributed by atoms with Gasteiger partial charge in [-0.15, -0.1) is 0 Å². The number of carbonyl (C=O) groups is 2. The Balaban J connectivity index is 1.78. The standard InChI is InChI=1S/C19H19FN4O2/c1-12(13-5-3-2-4-6-13)22-19(26)16-11-17(18(21)25)24(23-16)15-9-7-14(20)8-10-15/h2-10,12,17H,11H2,1H3,(H2,21,25)(H,22,26). The maximum absolute atomic E-state index is 13.1. The number of primary amides is 1. The Labute approximate surface area is 150 Å². The number of nitrogens with two attached hydrogens (primary N) is 1. The summed E-state index contributed by atoms with van der Waals surface area (Å²) in [5.74, 6) is -1.36. The van der Waals surface area contributed by atoms with Crippen LogP contribution in [0.25, 0.3) is 0 Å². The molecule has 26 heavy (non-hydrogen) atoms. The number of halogens is 1. The van der Waals surface area contributed by atoms with Crippen LogP contribution >= 0.6 is 0 Å². The Morgan fingerprint density at radius 2 is 1.85 bits per heavy atom. The Morgan fingerprint density at radius 1 is 1.19 bits per heavy atom. The molecular formula is C19H19FN4O2. The molecule has 0 fully saturated rings. The zero-order chi connectivity index (χ0) is 18.7. The third-order valence-electron chi connectivity index (χ3n) is 4.24. The highest BCUT2D eigenvalue weighted by atomic mass is 19.1. The largest absolute Gasteiger partial charge is 0.368 e. The highest BCUT2D eigenvalue weighted by Crippen LogP contribution is 2.25. The van der Waals surface area contributed by atoms with Crippen LogP contribution in [0.2, 0.25) is 0 Å². The average Bonchev–Trinajstić information content (AvgIpc) is 3.09. The molecule has 0 saturated carbocycles. The highest BCUT2D eigenvalue weighted by Gasteiger charge is 2.35. The molecule has 1 aliphatic rings. The van der Waals surface area contributed by atoms with Crippen LogP contribution in [0.1, 0.15) is 24.9 Å². The first-order chi connectivity index (χ1) is 12.5. The molecular weight excluding hydrogens is 335 g/mol. The second-order valence-electron chi connectivity index (χ2n) is 6.10. The Kier molecular flexibility index (Phi) is 4.97. The monoisotopic (exact) mass is 354 g/mol. The Bertz CT molecular complexity index is 836. The third-order valence-corrected chi connectivity index (χ3v) is 4.24. The van der Waals surface area contributed by atoms with Gasteiger partial charge < -0.3 is 11.1 Å². The van der Waals surface area contributed by atoms with Crippen molar-refractivity contribution in [1.29, 1.82) is 0 Å². The number of nitrogens with one attached hydrogen (secondary N) is 1. The van der Waals surface area contributed by atoms with Gasteiger partial charge in [-0.1, -0.05) is 30.3 Å². The summed E-state index contributed by atoms with van der Waals surface area (Å²) in [5.41, 5.74) is 7.11. The van der Waals surface area contributed by atoms with Gasteiger partial charge in [0.15, 0.2) is 0 Å². The predicted molar refractivity (Wildman–Crippen MR) is 96.9 cm³/mol. The zero-order valence-corrected chi connectivity index (χ0v) is 14.2. The highest BCUT2D eigenvalue weighted by molar-refractivity contribution is 6.40. The van der Waals surface area contributed by atoms with Crippen molar-refractivity contribution in [3.8, 4) is 0 Å². The summed E-state index contributed by atoms with van der Waals surface area (Å²) in [4.78, 5) is 24.3. The van der Waals surface area contributed by atoms with E-state index in [4.69, 9.17) is 5.73 Å². The number of amides is 2. The molecule has 7 heteroatoms. The van der Waals surface area contributed by atoms with Gasteiger partial charge in [0, 0.05) is 6.42 Å². The van der Waals surface area contributed by atoms with Crippen LogP contribution in [-0.2, 0) is 9.59 Å². The summed E-state index contributed by atoms with van der Waals surface area (Å²) in [6.45, 7) is 1.87. The number of nitrogens with zero attached hydrogens (tertiary/aromatic N) is 2. The number of carbonyl (C=O) groups excluding carboxylic acids is 2. The van der Waals surface area contributed by atoms with Gasteiger partial charge in [0.1, 0.15) is 17.6 Å². The molecule has 3 N–H and O–H groups in total. The number of hydrogen-bond donors (Lipinski definition) is 2. The van der Waals surface area contributed by atoms with E-state index in [9.17, 15) is 14.0 Å². The van der Waals surface area contributed by atoms with Crippen molar-refractivity contribution in [2.24, 2.45) is 10.8 Å². The van der Waals surface area contributed by atoms with Crippen LogP contribution in [0.5, 0.6) is 0 Å². The van der Waals surface area contributed by atoms with Crippen molar-refractivity contribution >= 4 is 23.2 Å². The number of benzene rings is 2. The van der Waals surface area contributed by atoms with E-state index in [1.165, 1.54) is 29.3 Å². The fraction of sp³-hybridized carbons (Fsp3) is 0.211. The van der Waals surface area contributed by atoms with E-state index in [1.807, 2.05) is 37.3 Å². The van der Waals surface area contributed by atoms with Crippen LogP contribution < -0.4 is 16.1 Å². The molecule has 2 aromatic carbocycles. The fourth-order valence-electron chi connectivity index (χ4n) is 2.81. The van der Waals surface area contributed by atoms with Crippen molar-refractivity contribution in [2.75, 3.05) is 5.01 Å². The summed E-state index contributed by atoms with van der Waals surface area (Å²) in [6.07, 6.45) is 0.0973. The normalized spacial score (nSPS) is 17.5. The molecule has 0 spiro atoms. The first-order valence-corrected chi connectivity index (χ1v) is 8.23. The second kappa shape index (κ2) is 7.35. The minimum absolute atomic E-state index is 0.0973. The van der Waals surface area contributed by atoms with Gasteiger partial charge in [-0.2, -0.15) is 5.10 Å². The summed E-state index contributed by atoms with van der Waals surface area (Å²) in [5, 5.41) is 8.49. The molecule has 0 bridgehead atoms. The van der Waals surface area contributed by atoms with Crippen LogP contribution in [-0.4, -0.2) is 23.6 Å². The van der Waals surface area contributed by atoms with E-state index in [0.717, 1.165) is 5.56 Å². The lowest BCUT2D eigenvalue weighted by atomic mass is 10.1. The molecule has 1 heterocycles. The molecule has 0 aromatic heterocycles. The Hall–Kier alpha value is -3.22. The van der Waals surface area contributed by atoms with E-state index < -0.39 is 17.8 Å². The quantitative estimate of drug-likeness (QED) is 0.862. The van der Waals surface area contributed by atoms with Gasteiger partial charge in [-0.3, -0.25) is 14.6 Å². The van der Waals surface area contributed by atoms with Gasteiger partial charge in [-0.25, -0.2) is 4.39 Å². The first-order valence-electron chi connectivity index (χ1n) is 8.23. The SMILES string of the molecule is CC(NC(=O)C1=NN(c2ccc(F)cc2)C(C(N)=O)C1)c1ccccc1. The van der Waals surface area contributed by atoms with Gasteiger partial charge in [0.2, 0.25) is 5.91 Å².